The Morgan fingerprint density at radius 3 is 2.56 bits per heavy atom. The van der Waals surface area contributed by atoms with Crippen LogP contribution in [0.25, 0.3) is 0 Å². The number of nitrogens with zero attached hydrogens (tertiary/aromatic N) is 2. The van der Waals surface area contributed by atoms with Crippen molar-refractivity contribution in [3.8, 4) is 0 Å². The molecule has 0 aromatic rings. The quantitative estimate of drug-likeness (QED) is 0.401. The van der Waals surface area contributed by atoms with E-state index in [0.717, 1.165) is 31.0 Å². The molecule has 0 aromatic heterocycles. The van der Waals surface area contributed by atoms with Gasteiger partial charge in [0.1, 0.15) is 11.7 Å². The van der Waals surface area contributed by atoms with Crippen molar-refractivity contribution in [3.63, 3.8) is 0 Å². The predicted molar refractivity (Wildman–Crippen MR) is 73.1 cm³/mol. The normalized spacial score (nSPS) is 13.1. The molecule has 0 aliphatic rings. The lowest BCUT2D eigenvalue weighted by Gasteiger charge is -2.08. The van der Waals surface area contributed by atoms with E-state index >= 15 is 0 Å². The fraction of sp³-hybridized carbons (Fsp3) is 0.692. The smallest absolute Gasteiger partial charge is 0.130 e. The van der Waals surface area contributed by atoms with Crippen LogP contribution < -0.4 is 5.32 Å². The molecule has 0 radical (unpaired) electrons. The first-order chi connectivity index (χ1) is 7.63. The van der Waals surface area contributed by atoms with Gasteiger partial charge < -0.3 is 5.32 Å². The Morgan fingerprint density at radius 2 is 2.12 bits per heavy atom. The maximum atomic E-state index is 4.46. The van der Waals surface area contributed by atoms with E-state index in [2.05, 4.69) is 42.8 Å². The summed E-state index contributed by atoms with van der Waals surface area (Å²) in [6, 6.07) is 0. The van der Waals surface area contributed by atoms with Crippen molar-refractivity contribution >= 4 is 12.6 Å². The van der Waals surface area contributed by atoms with Crippen LogP contribution in [0.15, 0.2) is 21.9 Å². The summed E-state index contributed by atoms with van der Waals surface area (Å²) in [5.74, 6) is 2.27. The zero-order valence-electron chi connectivity index (χ0n) is 11.1. The minimum Gasteiger partial charge on any atom is -0.370 e. The molecular formula is C13H25N3. The molecule has 0 fully saturated rings. The molecule has 0 spiro atoms. The highest BCUT2D eigenvalue weighted by molar-refractivity contribution is 5.87. The van der Waals surface area contributed by atoms with Crippen molar-refractivity contribution in [2.24, 2.45) is 15.9 Å². The molecule has 0 atom stereocenters. The van der Waals surface area contributed by atoms with E-state index in [-0.39, 0.29) is 0 Å². The second kappa shape index (κ2) is 9.13. The number of aliphatic imine (C=N–C) groups is 2. The topological polar surface area (TPSA) is 36.8 Å². The number of allylic oxidation sites excluding steroid dienone is 1. The van der Waals surface area contributed by atoms with E-state index in [1.807, 2.05) is 13.0 Å². The number of nitrogens with one attached hydrogen (secondary N) is 1. The van der Waals surface area contributed by atoms with Crippen LogP contribution in [0.2, 0.25) is 0 Å². The highest BCUT2D eigenvalue weighted by Crippen LogP contribution is 2.05. The maximum absolute atomic E-state index is 4.46. The zero-order chi connectivity index (χ0) is 12.4. The van der Waals surface area contributed by atoms with Gasteiger partial charge in [0.15, 0.2) is 0 Å². The third-order valence-electron chi connectivity index (χ3n) is 2.13. The Bertz CT molecular complexity index is 252. The molecule has 0 unspecified atom stereocenters. The van der Waals surface area contributed by atoms with Crippen LogP contribution in [-0.2, 0) is 0 Å². The fourth-order valence-corrected chi connectivity index (χ4v) is 1.25. The molecule has 1 N–H and O–H groups in total. The van der Waals surface area contributed by atoms with Crippen molar-refractivity contribution in [2.45, 2.75) is 47.0 Å². The minimum absolute atomic E-state index is 0.554. The van der Waals surface area contributed by atoms with Crippen molar-refractivity contribution in [3.05, 3.63) is 11.9 Å². The van der Waals surface area contributed by atoms with Gasteiger partial charge in [-0.05, 0) is 32.1 Å². The molecule has 0 aliphatic heterocycles. The minimum atomic E-state index is 0.554. The van der Waals surface area contributed by atoms with Crippen LogP contribution in [0, 0.1) is 5.92 Å². The number of rotatable bonds is 7. The SMILES string of the molecule is C=N/C(CC(C)C)=N\C(=C/C)NCCCC. The summed E-state index contributed by atoms with van der Waals surface area (Å²) in [5.41, 5.74) is 0. The van der Waals surface area contributed by atoms with Crippen molar-refractivity contribution in [1.29, 1.82) is 0 Å². The van der Waals surface area contributed by atoms with Gasteiger partial charge in [-0.1, -0.05) is 27.2 Å². The lowest BCUT2D eigenvalue weighted by molar-refractivity contribution is 0.675. The Labute approximate surface area is 99.8 Å². The van der Waals surface area contributed by atoms with Crippen LogP contribution in [0.4, 0.5) is 0 Å². The summed E-state index contributed by atoms with van der Waals surface area (Å²) in [7, 11) is 0. The summed E-state index contributed by atoms with van der Waals surface area (Å²) >= 11 is 0. The molecule has 92 valence electrons. The zero-order valence-corrected chi connectivity index (χ0v) is 11.1. The van der Waals surface area contributed by atoms with Crippen LogP contribution in [-0.4, -0.2) is 19.1 Å². The van der Waals surface area contributed by atoms with Gasteiger partial charge in [0, 0.05) is 13.0 Å². The molecule has 0 aromatic carbocycles. The third-order valence-corrected chi connectivity index (χ3v) is 2.13. The maximum Gasteiger partial charge on any atom is 0.130 e. The first-order valence-corrected chi connectivity index (χ1v) is 6.08. The van der Waals surface area contributed by atoms with Crippen LogP contribution in [0.5, 0.6) is 0 Å². The van der Waals surface area contributed by atoms with Gasteiger partial charge in [0.2, 0.25) is 0 Å². The number of unbranched alkanes of at least 4 members (excludes halogenated alkanes) is 1. The van der Waals surface area contributed by atoms with Gasteiger partial charge in [0.25, 0.3) is 0 Å². The van der Waals surface area contributed by atoms with Gasteiger partial charge in [-0.15, -0.1) is 0 Å². The molecule has 0 saturated carbocycles. The molecule has 3 heteroatoms. The summed E-state index contributed by atoms with van der Waals surface area (Å²) in [6.07, 6.45) is 5.19. The van der Waals surface area contributed by atoms with E-state index in [1.165, 1.54) is 6.42 Å². The van der Waals surface area contributed by atoms with Gasteiger partial charge in [0.05, 0.1) is 0 Å². The standard InChI is InChI=1S/C13H25N3/c1-6-8-9-15-12(7-2)16-13(14-5)10-11(3)4/h7,11,15H,5-6,8-10H2,1-4H3/b12-7-,16-13-. The molecule has 0 amide bonds. The summed E-state index contributed by atoms with van der Waals surface area (Å²) in [5, 5.41) is 3.29. The van der Waals surface area contributed by atoms with Crippen LogP contribution in [0.3, 0.4) is 0 Å². The Morgan fingerprint density at radius 1 is 1.44 bits per heavy atom. The van der Waals surface area contributed by atoms with Gasteiger partial charge >= 0.3 is 0 Å². The average Bonchev–Trinajstić information content (AvgIpc) is 2.26. The Balaban J connectivity index is 4.34. The number of amidine groups is 1. The third kappa shape index (κ3) is 7.21. The van der Waals surface area contributed by atoms with Crippen molar-refractivity contribution < 1.29 is 0 Å². The first-order valence-electron chi connectivity index (χ1n) is 6.08. The Kier molecular flexibility index (Phi) is 8.49. The molecule has 3 nitrogen and oxygen atoms in total. The monoisotopic (exact) mass is 223 g/mol. The number of hydrogen-bond donors (Lipinski definition) is 1. The second-order valence-electron chi connectivity index (χ2n) is 4.24. The number of hydrogen-bond acceptors (Lipinski definition) is 2. The molecular weight excluding hydrogens is 198 g/mol. The molecule has 16 heavy (non-hydrogen) atoms. The van der Waals surface area contributed by atoms with E-state index in [1.54, 1.807) is 0 Å². The van der Waals surface area contributed by atoms with E-state index in [0.29, 0.717) is 5.92 Å². The lowest BCUT2D eigenvalue weighted by Crippen LogP contribution is -2.14. The highest BCUT2D eigenvalue weighted by Gasteiger charge is 2.01. The largest absolute Gasteiger partial charge is 0.370 e. The summed E-state index contributed by atoms with van der Waals surface area (Å²) in [6.45, 7) is 13.0. The predicted octanol–water partition coefficient (Wildman–Crippen LogP) is 3.38. The van der Waals surface area contributed by atoms with E-state index in [9.17, 15) is 0 Å². The average molecular weight is 223 g/mol. The van der Waals surface area contributed by atoms with E-state index < -0.39 is 0 Å². The molecule has 0 aliphatic carbocycles. The van der Waals surface area contributed by atoms with Gasteiger partial charge in [-0.25, -0.2) is 9.98 Å². The van der Waals surface area contributed by atoms with Gasteiger partial charge in [-0.3, -0.25) is 0 Å². The van der Waals surface area contributed by atoms with Crippen molar-refractivity contribution in [1.82, 2.24) is 5.32 Å². The van der Waals surface area contributed by atoms with Crippen LogP contribution >= 0.6 is 0 Å². The summed E-state index contributed by atoms with van der Waals surface area (Å²) < 4.78 is 0. The molecule has 0 rings (SSSR count). The van der Waals surface area contributed by atoms with E-state index in [4.69, 9.17) is 0 Å². The Hall–Kier alpha value is -1.12. The molecule has 0 saturated heterocycles. The fourth-order valence-electron chi connectivity index (χ4n) is 1.25. The first kappa shape index (κ1) is 14.9. The highest BCUT2D eigenvalue weighted by atomic mass is 15.1. The van der Waals surface area contributed by atoms with Gasteiger partial charge in [-0.2, -0.15) is 0 Å². The molecule has 0 bridgehead atoms. The van der Waals surface area contributed by atoms with Crippen molar-refractivity contribution in [2.75, 3.05) is 6.54 Å². The molecule has 0 heterocycles. The summed E-state index contributed by atoms with van der Waals surface area (Å²) in [4.78, 5) is 8.43. The lowest BCUT2D eigenvalue weighted by atomic mass is 10.1. The van der Waals surface area contributed by atoms with Crippen LogP contribution in [0.1, 0.15) is 47.0 Å². The second-order valence-corrected chi connectivity index (χ2v) is 4.24.